The summed E-state index contributed by atoms with van der Waals surface area (Å²) in [6.07, 6.45) is 3.71. The van der Waals surface area contributed by atoms with Gasteiger partial charge in [-0.05, 0) is 48.5 Å². The lowest BCUT2D eigenvalue weighted by molar-refractivity contribution is 0.292. The van der Waals surface area contributed by atoms with E-state index in [0.29, 0.717) is 33.2 Å². The number of hydrogen-bond donors (Lipinski definition) is 0. The molecule has 0 amide bonds. The first-order valence-corrected chi connectivity index (χ1v) is 11.7. The number of rotatable bonds is 8. The van der Waals surface area contributed by atoms with Crippen LogP contribution in [0, 0.1) is 5.82 Å². The number of halogens is 2. The van der Waals surface area contributed by atoms with Crippen molar-refractivity contribution >= 4 is 29.0 Å². The van der Waals surface area contributed by atoms with Crippen molar-refractivity contribution in [3.63, 3.8) is 0 Å². The van der Waals surface area contributed by atoms with Gasteiger partial charge in [0.15, 0.2) is 11.0 Å². The van der Waals surface area contributed by atoms with E-state index in [4.69, 9.17) is 21.1 Å². The van der Waals surface area contributed by atoms with Gasteiger partial charge in [0.2, 0.25) is 0 Å². The van der Waals surface area contributed by atoms with Gasteiger partial charge in [0.1, 0.15) is 29.6 Å². The Morgan fingerprint density at radius 2 is 1.76 bits per heavy atom. The molecule has 0 aliphatic rings. The zero-order chi connectivity index (χ0) is 23.5. The molecule has 0 N–H and O–H groups in total. The lowest BCUT2D eigenvalue weighted by Crippen LogP contribution is -2.08. The summed E-state index contributed by atoms with van der Waals surface area (Å²) in [5, 5.41) is 9.76. The van der Waals surface area contributed by atoms with E-state index in [1.54, 1.807) is 66.4 Å². The number of para-hydroxylation sites is 1. The first-order valence-electron chi connectivity index (χ1n) is 10.3. The molecule has 3 aromatic heterocycles. The number of hydrogen-bond acceptors (Lipinski definition) is 6. The van der Waals surface area contributed by atoms with Crippen LogP contribution >= 0.6 is 23.4 Å². The van der Waals surface area contributed by atoms with E-state index >= 15 is 0 Å². The zero-order valence-electron chi connectivity index (χ0n) is 18.1. The number of ether oxygens (including phenoxy) is 2. The van der Waals surface area contributed by atoms with Crippen LogP contribution in [0.3, 0.4) is 0 Å². The lowest BCUT2D eigenvalue weighted by Gasteiger charge is -2.12. The largest absolute Gasteiger partial charge is 0.497 e. The van der Waals surface area contributed by atoms with E-state index in [-0.39, 0.29) is 12.4 Å². The van der Waals surface area contributed by atoms with Gasteiger partial charge in [0, 0.05) is 18.1 Å². The number of aromatic nitrogens is 5. The quantitative estimate of drug-likeness (QED) is 0.261. The van der Waals surface area contributed by atoms with Crippen molar-refractivity contribution in [3.05, 3.63) is 95.4 Å². The molecule has 7 nitrogen and oxygen atoms in total. The van der Waals surface area contributed by atoms with Crippen molar-refractivity contribution < 1.29 is 13.9 Å². The fourth-order valence-corrected chi connectivity index (χ4v) is 4.42. The Balaban J connectivity index is 1.40. The summed E-state index contributed by atoms with van der Waals surface area (Å²) in [6, 6.07) is 17.4. The Morgan fingerprint density at radius 3 is 2.56 bits per heavy atom. The van der Waals surface area contributed by atoms with Gasteiger partial charge in [0.25, 0.3) is 0 Å². The van der Waals surface area contributed by atoms with Gasteiger partial charge in [-0.1, -0.05) is 35.5 Å². The van der Waals surface area contributed by atoms with E-state index in [1.807, 2.05) is 16.7 Å². The number of pyridine rings is 1. The molecule has 0 saturated heterocycles. The molecule has 0 bridgehead atoms. The monoisotopic (exact) mass is 495 g/mol. The third-order valence-corrected chi connectivity index (χ3v) is 6.22. The van der Waals surface area contributed by atoms with E-state index in [1.165, 1.54) is 17.8 Å². The highest BCUT2D eigenvalue weighted by Gasteiger charge is 2.18. The molecule has 172 valence electrons. The number of thioether (sulfide) groups is 1. The van der Waals surface area contributed by atoms with Gasteiger partial charge in [-0.15, -0.1) is 10.2 Å². The van der Waals surface area contributed by atoms with Gasteiger partial charge in [-0.25, -0.2) is 9.37 Å². The van der Waals surface area contributed by atoms with Crippen LogP contribution in [-0.4, -0.2) is 31.3 Å². The van der Waals surface area contributed by atoms with Crippen LogP contribution < -0.4 is 9.47 Å². The topological polar surface area (TPSA) is 66.5 Å². The summed E-state index contributed by atoms with van der Waals surface area (Å²) in [5.74, 6) is 1.99. The van der Waals surface area contributed by atoms with E-state index in [9.17, 15) is 4.39 Å². The number of nitrogens with zero attached hydrogens (tertiary/aromatic N) is 5. The summed E-state index contributed by atoms with van der Waals surface area (Å²) in [6.45, 7) is 0.112. The molecular formula is C24H19ClFN5O2S. The SMILES string of the molecule is COc1ccc(OCc2nnc(SCc3cn4cc(Cl)ccc4n3)n2-c2ccccc2F)cc1. The highest BCUT2D eigenvalue weighted by atomic mass is 35.5. The highest BCUT2D eigenvalue weighted by Crippen LogP contribution is 2.27. The lowest BCUT2D eigenvalue weighted by atomic mass is 10.3. The van der Waals surface area contributed by atoms with Crippen molar-refractivity contribution in [1.82, 2.24) is 24.1 Å². The Bertz CT molecular complexity index is 1440. The number of benzene rings is 2. The first kappa shape index (κ1) is 22.2. The van der Waals surface area contributed by atoms with E-state index in [0.717, 1.165) is 17.1 Å². The average Bonchev–Trinajstić information content (AvgIpc) is 3.45. The molecule has 0 radical (unpaired) electrons. The van der Waals surface area contributed by atoms with Crippen LogP contribution in [-0.2, 0) is 12.4 Å². The maximum absolute atomic E-state index is 14.7. The molecule has 3 heterocycles. The second-order valence-electron chi connectivity index (χ2n) is 7.28. The summed E-state index contributed by atoms with van der Waals surface area (Å²) in [5.41, 5.74) is 1.99. The molecule has 0 atom stereocenters. The summed E-state index contributed by atoms with van der Waals surface area (Å²) < 4.78 is 29.3. The molecule has 0 aliphatic heterocycles. The molecule has 0 unspecified atom stereocenters. The number of fused-ring (bicyclic) bond motifs is 1. The number of methoxy groups -OCH3 is 1. The molecule has 0 spiro atoms. The Hall–Kier alpha value is -3.56. The second kappa shape index (κ2) is 9.74. The summed E-state index contributed by atoms with van der Waals surface area (Å²) in [7, 11) is 1.60. The number of imidazole rings is 1. The minimum absolute atomic E-state index is 0.112. The first-order chi connectivity index (χ1) is 16.6. The average molecular weight is 496 g/mol. The Labute approximate surface area is 204 Å². The third-order valence-electron chi connectivity index (χ3n) is 5.04. The molecule has 34 heavy (non-hydrogen) atoms. The van der Waals surface area contributed by atoms with Gasteiger partial charge in [0.05, 0.1) is 23.5 Å². The van der Waals surface area contributed by atoms with Crippen molar-refractivity contribution in [3.8, 4) is 17.2 Å². The molecule has 5 rings (SSSR count). The van der Waals surface area contributed by atoms with Crippen molar-refractivity contribution in [2.45, 2.75) is 17.5 Å². The second-order valence-corrected chi connectivity index (χ2v) is 8.66. The molecule has 2 aromatic carbocycles. The van der Waals surface area contributed by atoms with Gasteiger partial charge in [-0.2, -0.15) is 0 Å². The molecule has 0 fully saturated rings. The molecule has 10 heteroatoms. The fourth-order valence-electron chi connectivity index (χ4n) is 3.41. The van der Waals surface area contributed by atoms with Gasteiger partial charge < -0.3 is 13.9 Å². The van der Waals surface area contributed by atoms with Gasteiger partial charge in [-0.3, -0.25) is 4.57 Å². The minimum atomic E-state index is -0.378. The Morgan fingerprint density at radius 1 is 0.971 bits per heavy atom. The van der Waals surface area contributed by atoms with Crippen LogP contribution in [0.25, 0.3) is 11.3 Å². The summed E-state index contributed by atoms with van der Waals surface area (Å²) in [4.78, 5) is 4.60. The molecule has 0 saturated carbocycles. The minimum Gasteiger partial charge on any atom is -0.497 e. The molecular weight excluding hydrogens is 477 g/mol. The van der Waals surface area contributed by atoms with Crippen LogP contribution in [0.2, 0.25) is 5.02 Å². The highest BCUT2D eigenvalue weighted by molar-refractivity contribution is 7.98. The van der Waals surface area contributed by atoms with Gasteiger partial charge >= 0.3 is 0 Å². The fraction of sp³-hybridized carbons (Fsp3) is 0.125. The predicted molar refractivity (Wildman–Crippen MR) is 128 cm³/mol. The maximum atomic E-state index is 14.7. The molecule has 5 aromatic rings. The standard InChI is InChI=1S/C24H19ClFN5O2S/c1-32-18-7-9-19(10-8-18)33-14-23-28-29-24(31(23)21-5-3-2-4-20(21)26)34-15-17-13-30-12-16(25)6-11-22(30)27-17/h2-13H,14-15H2,1H3. The summed E-state index contributed by atoms with van der Waals surface area (Å²) >= 11 is 7.48. The zero-order valence-corrected chi connectivity index (χ0v) is 19.6. The smallest absolute Gasteiger partial charge is 0.196 e. The van der Waals surface area contributed by atoms with Crippen molar-refractivity contribution in [2.75, 3.05) is 7.11 Å². The van der Waals surface area contributed by atoms with Crippen LogP contribution in [0.4, 0.5) is 4.39 Å². The van der Waals surface area contributed by atoms with Crippen LogP contribution in [0.5, 0.6) is 11.5 Å². The Kier molecular flexibility index (Phi) is 6.37. The third kappa shape index (κ3) is 4.71. The molecule has 0 aliphatic carbocycles. The maximum Gasteiger partial charge on any atom is 0.196 e. The van der Waals surface area contributed by atoms with Crippen molar-refractivity contribution in [1.29, 1.82) is 0 Å². The van der Waals surface area contributed by atoms with Crippen molar-refractivity contribution in [2.24, 2.45) is 0 Å². The van der Waals surface area contributed by atoms with E-state index < -0.39 is 0 Å². The normalized spacial score (nSPS) is 11.1. The van der Waals surface area contributed by atoms with E-state index in [2.05, 4.69) is 15.2 Å². The predicted octanol–water partition coefficient (Wildman–Crippen LogP) is 5.59. The van der Waals surface area contributed by atoms with Crippen LogP contribution in [0.1, 0.15) is 11.5 Å². The van der Waals surface area contributed by atoms with Crippen LogP contribution in [0.15, 0.2) is 78.2 Å².